The Morgan fingerprint density at radius 2 is 1.75 bits per heavy atom. The number of carbonyl (C=O) groups excluding carboxylic acids is 1. The summed E-state index contributed by atoms with van der Waals surface area (Å²) in [5, 5.41) is 2.51. The van der Waals surface area contributed by atoms with E-state index in [-0.39, 0.29) is 17.5 Å². The van der Waals surface area contributed by atoms with E-state index in [1.54, 1.807) is 7.11 Å². The number of anilines is 1. The van der Waals surface area contributed by atoms with Gasteiger partial charge in [0.2, 0.25) is 5.91 Å². The number of benzene rings is 3. The number of imidazole rings is 1. The Morgan fingerprint density at radius 3 is 2.42 bits per heavy atom. The maximum atomic E-state index is 14.4. The number of halogens is 4. The van der Waals surface area contributed by atoms with E-state index in [4.69, 9.17) is 4.74 Å². The number of fused-ring (bicyclic) bond motifs is 1. The zero-order chi connectivity index (χ0) is 28.6. The maximum Gasteiger partial charge on any atom is 0.416 e. The molecule has 0 saturated heterocycles. The molecule has 1 aliphatic carbocycles. The second-order valence-electron chi connectivity index (χ2n) is 10.6. The summed E-state index contributed by atoms with van der Waals surface area (Å²) in [6.07, 6.45) is -2.72. The smallest absolute Gasteiger partial charge is 0.384 e. The van der Waals surface area contributed by atoms with Gasteiger partial charge in [0.15, 0.2) is 0 Å². The number of amides is 1. The van der Waals surface area contributed by atoms with Crippen molar-refractivity contribution >= 4 is 22.6 Å². The molecule has 1 N–H and O–H groups in total. The average Bonchev–Trinajstić information content (AvgIpc) is 3.21. The summed E-state index contributed by atoms with van der Waals surface area (Å²) >= 11 is 0. The molecule has 40 heavy (non-hydrogen) atoms. The van der Waals surface area contributed by atoms with Crippen molar-refractivity contribution in [3.63, 3.8) is 0 Å². The summed E-state index contributed by atoms with van der Waals surface area (Å²) in [5.74, 6) is -0.803. The molecule has 3 unspecified atom stereocenters. The number of nitrogens with one attached hydrogen (secondary N) is 1. The molecule has 1 fully saturated rings. The van der Waals surface area contributed by atoms with Gasteiger partial charge in [-0.25, -0.2) is 9.37 Å². The van der Waals surface area contributed by atoms with Crippen LogP contribution in [0.15, 0.2) is 60.7 Å². The zero-order valence-corrected chi connectivity index (χ0v) is 22.6. The molecule has 5 nitrogen and oxygen atoms in total. The number of carbonyl (C=O) groups is 1. The molecule has 9 heteroatoms. The highest BCUT2D eigenvalue weighted by molar-refractivity contribution is 5.93. The molecular formula is C31H31F4N3O2. The molecule has 0 spiro atoms. The van der Waals surface area contributed by atoms with Crippen LogP contribution in [0.1, 0.15) is 42.1 Å². The molecule has 3 atom stereocenters. The Kier molecular flexibility index (Phi) is 7.68. The number of alkyl halides is 3. The van der Waals surface area contributed by atoms with Gasteiger partial charge < -0.3 is 14.6 Å². The van der Waals surface area contributed by atoms with Gasteiger partial charge in [0.05, 0.1) is 22.3 Å². The number of aryl methyl sites for hydroxylation is 2. The van der Waals surface area contributed by atoms with Gasteiger partial charge in [-0.2, -0.15) is 13.2 Å². The highest BCUT2D eigenvalue weighted by atomic mass is 19.4. The zero-order valence-electron chi connectivity index (χ0n) is 22.6. The van der Waals surface area contributed by atoms with Crippen molar-refractivity contribution in [1.82, 2.24) is 9.55 Å². The topological polar surface area (TPSA) is 56.1 Å². The van der Waals surface area contributed by atoms with Gasteiger partial charge in [0.1, 0.15) is 11.6 Å². The van der Waals surface area contributed by atoms with E-state index in [0.717, 1.165) is 52.1 Å². The first-order chi connectivity index (χ1) is 19.0. The van der Waals surface area contributed by atoms with Crippen LogP contribution in [0, 0.1) is 24.6 Å². The molecule has 0 aliphatic heterocycles. The predicted octanol–water partition coefficient (Wildman–Crippen LogP) is 7.49. The van der Waals surface area contributed by atoms with E-state index in [2.05, 4.69) is 57.3 Å². The van der Waals surface area contributed by atoms with Gasteiger partial charge in [-0.15, -0.1) is 0 Å². The first kappa shape index (κ1) is 27.8. The van der Waals surface area contributed by atoms with Crippen molar-refractivity contribution in [2.24, 2.45) is 18.9 Å². The number of methoxy groups -OCH3 is 1. The number of rotatable bonds is 6. The number of nitrogens with zero attached hydrogens (tertiary/aromatic N) is 2. The number of hydrogen-bond acceptors (Lipinski definition) is 3. The summed E-state index contributed by atoms with van der Waals surface area (Å²) in [5.41, 5.74) is 3.88. The minimum Gasteiger partial charge on any atom is -0.384 e. The number of hydrogen-bond donors (Lipinski definition) is 1. The lowest BCUT2D eigenvalue weighted by Gasteiger charge is -2.34. The normalized spacial score (nSPS) is 19.6. The third-order valence-corrected chi connectivity index (χ3v) is 7.95. The fourth-order valence-electron chi connectivity index (χ4n) is 5.77. The van der Waals surface area contributed by atoms with Gasteiger partial charge in [-0.3, -0.25) is 4.79 Å². The van der Waals surface area contributed by atoms with Crippen LogP contribution in [-0.4, -0.2) is 29.2 Å². The lowest BCUT2D eigenvalue weighted by atomic mass is 9.72. The first-order valence-electron chi connectivity index (χ1n) is 13.2. The fraction of sp³-hybridized carbons (Fsp3) is 0.355. The molecule has 1 aromatic heterocycles. The molecule has 3 aromatic carbocycles. The molecule has 4 aromatic rings. The molecule has 1 heterocycles. The monoisotopic (exact) mass is 553 g/mol. The van der Waals surface area contributed by atoms with Crippen LogP contribution in [0.3, 0.4) is 0 Å². The second kappa shape index (κ2) is 11.0. The molecule has 210 valence electrons. The quantitative estimate of drug-likeness (QED) is 0.252. The fourth-order valence-corrected chi connectivity index (χ4v) is 5.77. The molecule has 1 amide bonds. The van der Waals surface area contributed by atoms with Gasteiger partial charge in [0.25, 0.3) is 0 Å². The van der Waals surface area contributed by atoms with Crippen molar-refractivity contribution in [2.75, 3.05) is 19.0 Å². The predicted molar refractivity (Wildman–Crippen MR) is 146 cm³/mol. The van der Waals surface area contributed by atoms with Gasteiger partial charge in [-0.05, 0) is 85.0 Å². The van der Waals surface area contributed by atoms with Crippen LogP contribution in [0.4, 0.5) is 23.2 Å². The second-order valence-corrected chi connectivity index (χ2v) is 10.6. The van der Waals surface area contributed by atoms with Gasteiger partial charge in [0, 0.05) is 26.7 Å². The summed E-state index contributed by atoms with van der Waals surface area (Å²) in [6, 6.07) is 16.6. The standard InChI is InChI=1S/C31H31F4N3O2/c1-18-36-28-15-22(8-11-29(28)38(18)2)20-4-6-21(7-5-20)23-12-19(17-40-3)13-24(14-23)30(39)37-27-10-9-25(16-26(27)32)31(33,34)35/h4-11,15-16,19,23-24H,12-14,17H2,1-3H3,(H,37,39). The molecule has 0 radical (unpaired) electrons. The van der Waals surface area contributed by atoms with Crippen molar-refractivity contribution < 1.29 is 27.1 Å². The average molecular weight is 554 g/mol. The Bertz CT molecular complexity index is 1530. The largest absolute Gasteiger partial charge is 0.416 e. The lowest BCUT2D eigenvalue weighted by molar-refractivity contribution is -0.137. The molecular weight excluding hydrogens is 522 g/mol. The van der Waals surface area contributed by atoms with Crippen LogP contribution in [-0.2, 0) is 22.8 Å². The summed E-state index contributed by atoms with van der Waals surface area (Å²) in [4.78, 5) is 17.8. The van der Waals surface area contributed by atoms with E-state index in [0.29, 0.717) is 25.5 Å². The lowest BCUT2D eigenvalue weighted by Crippen LogP contribution is -2.33. The molecule has 1 saturated carbocycles. The SMILES string of the molecule is COCC1CC(C(=O)Nc2ccc(C(F)(F)F)cc2F)CC(c2ccc(-c3ccc4c(c3)nc(C)n4C)cc2)C1. The Balaban J connectivity index is 1.33. The molecule has 0 bridgehead atoms. The maximum absolute atomic E-state index is 14.4. The minimum atomic E-state index is -4.66. The highest BCUT2D eigenvalue weighted by Crippen LogP contribution is 2.41. The first-order valence-corrected chi connectivity index (χ1v) is 13.2. The van der Waals surface area contributed by atoms with E-state index >= 15 is 0 Å². The van der Waals surface area contributed by atoms with E-state index in [1.807, 2.05) is 14.0 Å². The van der Waals surface area contributed by atoms with Crippen LogP contribution in [0.2, 0.25) is 0 Å². The van der Waals surface area contributed by atoms with Gasteiger partial charge in [-0.1, -0.05) is 30.3 Å². The van der Waals surface area contributed by atoms with E-state index in [9.17, 15) is 22.4 Å². The molecule has 1 aliphatic rings. The Hall–Kier alpha value is -3.72. The van der Waals surface area contributed by atoms with Crippen molar-refractivity contribution in [2.45, 2.75) is 38.3 Å². The Morgan fingerprint density at radius 1 is 1.02 bits per heavy atom. The van der Waals surface area contributed by atoms with Crippen LogP contribution >= 0.6 is 0 Å². The van der Waals surface area contributed by atoms with Crippen molar-refractivity contribution in [3.05, 3.63) is 83.4 Å². The van der Waals surface area contributed by atoms with Crippen LogP contribution < -0.4 is 5.32 Å². The third-order valence-electron chi connectivity index (χ3n) is 7.95. The van der Waals surface area contributed by atoms with E-state index < -0.39 is 29.4 Å². The van der Waals surface area contributed by atoms with E-state index in [1.165, 1.54) is 0 Å². The Labute approximate surface area is 230 Å². The summed E-state index contributed by atoms with van der Waals surface area (Å²) in [6.45, 7) is 2.46. The van der Waals surface area contributed by atoms with Gasteiger partial charge >= 0.3 is 6.18 Å². The van der Waals surface area contributed by atoms with Crippen molar-refractivity contribution in [3.8, 4) is 11.1 Å². The number of aromatic nitrogens is 2. The molecule has 5 rings (SSSR count). The minimum absolute atomic E-state index is 0.0806. The van der Waals surface area contributed by atoms with Crippen LogP contribution in [0.25, 0.3) is 22.2 Å². The van der Waals surface area contributed by atoms with Crippen molar-refractivity contribution in [1.29, 1.82) is 0 Å². The third kappa shape index (κ3) is 5.75. The number of ether oxygens (including phenoxy) is 1. The summed E-state index contributed by atoms with van der Waals surface area (Å²) in [7, 11) is 3.61. The van der Waals surface area contributed by atoms with Crippen LogP contribution in [0.5, 0.6) is 0 Å². The highest BCUT2D eigenvalue weighted by Gasteiger charge is 2.35. The summed E-state index contributed by atoms with van der Waals surface area (Å²) < 4.78 is 60.5.